The molecule has 2 fully saturated rings. The van der Waals surface area contributed by atoms with E-state index in [1.807, 2.05) is 6.92 Å². The van der Waals surface area contributed by atoms with Gasteiger partial charge in [-0.25, -0.2) is 4.79 Å². The number of ether oxygens (including phenoxy) is 1. The molecule has 2 aliphatic rings. The molecule has 17 heavy (non-hydrogen) atoms. The Bertz CT molecular complexity index is 328. The topological polar surface area (TPSA) is 70.7 Å². The second kappa shape index (κ2) is 4.62. The lowest BCUT2D eigenvalue weighted by molar-refractivity contribution is -0.132. The van der Waals surface area contributed by atoms with Crippen LogP contribution in [0.15, 0.2) is 0 Å². The maximum atomic E-state index is 12.1. The van der Waals surface area contributed by atoms with Gasteiger partial charge in [0.25, 0.3) is 5.91 Å². The first-order valence-corrected chi connectivity index (χ1v) is 6.03. The number of carbonyl (C=O) groups is 2. The molecule has 0 saturated carbocycles. The van der Waals surface area contributed by atoms with Crippen LogP contribution < -0.4 is 10.6 Å². The van der Waals surface area contributed by atoms with Crippen LogP contribution in [0.25, 0.3) is 0 Å². The lowest BCUT2D eigenvalue weighted by Gasteiger charge is -2.27. The van der Waals surface area contributed by atoms with Crippen molar-refractivity contribution in [2.24, 2.45) is 0 Å². The first-order chi connectivity index (χ1) is 8.07. The van der Waals surface area contributed by atoms with Gasteiger partial charge in [0.1, 0.15) is 5.54 Å². The molecule has 2 unspecified atom stereocenters. The van der Waals surface area contributed by atoms with Crippen molar-refractivity contribution < 1.29 is 14.3 Å². The molecule has 0 radical (unpaired) electrons. The molecular formula is C11H19N3O3. The second-order valence-electron chi connectivity index (χ2n) is 4.73. The zero-order valence-corrected chi connectivity index (χ0v) is 10.3. The summed E-state index contributed by atoms with van der Waals surface area (Å²) in [4.78, 5) is 25.1. The summed E-state index contributed by atoms with van der Waals surface area (Å²) in [6, 6.07) is -0.312. The molecule has 2 rings (SSSR count). The van der Waals surface area contributed by atoms with Crippen LogP contribution in [0.2, 0.25) is 0 Å². The average Bonchev–Trinajstić information content (AvgIpc) is 2.55. The molecule has 0 aromatic carbocycles. The van der Waals surface area contributed by atoms with Gasteiger partial charge < -0.3 is 15.4 Å². The van der Waals surface area contributed by atoms with E-state index in [-0.39, 0.29) is 18.0 Å². The minimum absolute atomic E-state index is 0.0994. The summed E-state index contributed by atoms with van der Waals surface area (Å²) in [7, 11) is 0. The number of nitrogens with one attached hydrogen (secondary N) is 2. The highest BCUT2D eigenvalue weighted by molar-refractivity contribution is 6.06. The molecule has 2 heterocycles. The fourth-order valence-electron chi connectivity index (χ4n) is 2.09. The average molecular weight is 241 g/mol. The first-order valence-electron chi connectivity index (χ1n) is 6.03. The summed E-state index contributed by atoms with van der Waals surface area (Å²) in [5.74, 6) is -0.154. The number of hydrogen-bond donors (Lipinski definition) is 2. The van der Waals surface area contributed by atoms with Crippen molar-refractivity contribution in [3.8, 4) is 0 Å². The molecule has 2 aliphatic heterocycles. The van der Waals surface area contributed by atoms with E-state index < -0.39 is 5.54 Å². The Morgan fingerprint density at radius 3 is 2.82 bits per heavy atom. The van der Waals surface area contributed by atoms with Crippen molar-refractivity contribution in [1.82, 2.24) is 15.5 Å². The molecule has 6 nitrogen and oxygen atoms in total. The number of rotatable bonds is 3. The summed E-state index contributed by atoms with van der Waals surface area (Å²) in [5, 5.41) is 5.91. The quantitative estimate of drug-likeness (QED) is 0.665. The maximum absolute atomic E-state index is 12.1. The number of amides is 3. The summed E-state index contributed by atoms with van der Waals surface area (Å²) < 4.78 is 5.50. The Morgan fingerprint density at radius 1 is 1.53 bits per heavy atom. The van der Waals surface area contributed by atoms with Gasteiger partial charge in [-0.3, -0.25) is 9.69 Å². The fraction of sp³-hybridized carbons (Fsp3) is 0.818. The molecule has 3 amide bonds. The van der Waals surface area contributed by atoms with Crippen LogP contribution in [0, 0.1) is 0 Å². The molecule has 6 heteroatoms. The molecule has 2 saturated heterocycles. The van der Waals surface area contributed by atoms with Crippen molar-refractivity contribution in [2.45, 2.75) is 31.9 Å². The van der Waals surface area contributed by atoms with Gasteiger partial charge in [0.15, 0.2) is 0 Å². The highest BCUT2D eigenvalue weighted by atomic mass is 16.5. The van der Waals surface area contributed by atoms with Crippen molar-refractivity contribution in [1.29, 1.82) is 0 Å². The van der Waals surface area contributed by atoms with E-state index in [1.165, 1.54) is 4.90 Å². The SMILES string of the molecule is CCC1(C)NC(=O)N(CC2CNCCO2)C1=O. The van der Waals surface area contributed by atoms with Gasteiger partial charge in [0.05, 0.1) is 19.3 Å². The third-order valence-electron chi connectivity index (χ3n) is 3.44. The van der Waals surface area contributed by atoms with Gasteiger partial charge in [-0.05, 0) is 13.3 Å². The number of imide groups is 1. The molecule has 96 valence electrons. The van der Waals surface area contributed by atoms with Gasteiger partial charge in [-0.15, -0.1) is 0 Å². The van der Waals surface area contributed by atoms with Crippen LogP contribution in [-0.4, -0.2) is 54.7 Å². The van der Waals surface area contributed by atoms with Gasteiger partial charge in [0.2, 0.25) is 0 Å². The van der Waals surface area contributed by atoms with E-state index in [0.29, 0.717) is 26.1 Å². The smallest absolute Gasteiger partial charge is 0.325 e. The van der Waals surface area contributed by atoms with Crippen molar-refractivity contribution >= 4 is 11.9 Å². The van der Waals surface area contributed by atoms with Crippen LogP contribution in [0.4, 0.5) is 4.79 Å². The Balaban J connectivity index is 2.01. The van der Waals surface area contributed by atoms with E-state index in [1.54, 1.807) is 6.92 Å². The molecule has 2 atom stereocenters. The van der Waals surface area contributed by atoms with Crippen molar-refractivity contribution in [3.63, 3.8) is 0 Å². The normalized spacial score (nSPS) is 34.0. The molecule has 0 aromatic rings. The number of urea groups is 1. The highest BCUT2D eigenvalue weighted by Crippen LogP contribution is 2.21. The largest absolute Gasteiger partial charge is 0.374 e. The van der Waals surface area contributed by atoms with Crippen LogP contribution in [-0.2, 0) is 9.53 Å². The lowest BCUT2D eigenvalue weighted by Crippen LogP contribution is -2.48. The van der Waals surface area contributed by atoms with Crippen molar-refractivity contribution in [3.05, 3.63) is 0 Å². The predicted molar refractivity (Wildman–Crippen MR) is 61.6 cm³/mol. The highest BCUT2D eigenvalue weighted by Gasteiger charge is 2.47. The van der Waals surface area contributed by atoms with E-state index in [9.17, 15) is 9.59 Å². The molecule has 0 spiro atoms. The number of morpholine rings is 1. The Morgan fingerprint density at radius 2 is 2.29 bits per heavy atom. The fourth-order valence-corrected chi connectivity index (χ4v) is 2.09. The molecule has 2 N–H and O–H groups in total. The maximum Gasteiger partial charge on any atom is 0.325 e. The minimum atomic E-state index is -0.751. The summed E-state index contributed by atoms with van der Waals surface area (Å²) in [6.45, 7) is 6.10. The third kappa shape index (κ3) is 2.28. The summed E-state index contributed by atoms with van der Waals surface area (Å²) >= 11 is 0. The van der Waals surface area contributed by atoms with Crippen LogP contribution in [0.3, 0.4) is 0 Å². The third-order valence-corrected chi connectivity index (χ3v) is 3.44. The number of hydrogen-bond acceptors (Lipinski definition) is 4. The summed E-state index contributed by atoms with van der Waals surface area (Å²) in [6.07, 6.45) is 0.496. The van der Waals surface area contributed by atoms with Crippen molar-refractivity contribution in [2.75, 3.05) is 26.2 Å². The van der Waals surface area contributed by atoms with Gasteiger partial charge in [-0.1, -0.05) is 6.92 Å². The lowest BCUT2D eigenvalue weighted by atomic mass is 9.99. The van der Waals surface area contributed by atoms with Gasteiger partial charge in [0, 0.05) is 13.1 Å². The standard InChI is InChI=1S/C11H19N3O3/c1-3-11(2)9(15)14(10(16)13-11)7-8-6-12-4-5-17-8/h8,12H,3-7H2,1-2H3,(H,13,16). The number of carbonyl (C=O) groups excluding carboxylic acids is 2. The minimum Gasteiger partial charge on any atom is -0.374 e. The predicted octanol–water partition coefficient (Wildman–Crippen LogP) is -0.305. The van der Waals surface area contributed by atoms with E-state index >= 15 is 0 Å². The number of nitrogens with zero attached hydrogens (tertiary/aromatic N) is 1. The van der Waals surface area contributed by atoms with Crippen LogP contribution in [0.1, 0.15) is 20.3 Å². The second-order valence-corrected chi connectivity index (χ2v) is 4.73. The van der Waals surface area contributed by atoms with E-state index in [0.717, 1.165) is 6.54 Å². The molecular weight excluding hydrogens is 222 g/mol. The first kappa shape index (κ1) is 12.3. The zero-order chi connectivity index (χ0) is 12.5. The van der Waals surface area contributed by atoms with Crippen LogP contribution in [0.5, 0.6) is 0 Å². The monoisotopic (exact) mass is 241 g/mol. The Hall–Kier alpha value is -1.14. The molecule has 0 bridgehead atoms. The van der Waals surface area contributed by atoms with E-state index in [2.05, 4.69) is 10.6 Å². The van der Waals surface area contributed by atoms with E-state index in [4.69, 9.17) is 4.74 Å². The van der Waals surface area contributed by atoms with Crippen LogP contribution >= 0.6 is 0 Å². The Kier molecular flexibility index (Phi) is 3.35. The zero-order valence-electron chi connectivity index (χ0n) is 10.3. The van der Waals surface area contributed by atoms with Gasteiger partial charge in [-0.2, -0.15) is 0 Å². The van der Waals surface area contributed by atoms with Gasteiger partial charge >= 0.3 is 6.03 Å². The molecule has 0 aromatic heterocycles. The summed E-state index contributed by atoms with van der Waals surface area (Å²) in [5.41, 5.74) is -0.751. The molecule has 0 aliphatic carbocycles. The Labute approximate surface area is 101 Å².